The summed E-state index contributed by atoms with van der Waals surface area (Å²) in [5.74, 6) is 2.80. The van der Waals surface area contributed by atoms with Crippen LogP contribution in [0.3, 0.4) is 0 Å². The maximum Gasteiger partial charge on any atom is 0.495 e. The van der Waals surface area contributed by atoms with Crippen molar-refractivity contribution >= 4 is 77.3 Å². The Labute approximate surface area is 424 Å². The SMILES string of the molecule is CC1(C)OB(c2cccc3[nH]ccc23)OC1(C)C.CS(=O)(=O)C1(c2nc(-c3cccc4[nH]ccc34)nc3c2OC[C@@H]2COCCN32)CCC1.CS(=O)(=O)C1(c2nc(Cl)nc3c2OC[C@@H]2COCCN32)CCC1. The minimum absolute atomic E-state index is 0.0596. The van der Waals surface area contributed by atoms with E-state index in [0.29, 0.717) is 119 Å². The van der Waals surface area contributed by atoms with Gasteiger partial charge in [0.2, 0.25) is 5.28 Å². The Bertz CT molecular complexity index is 3270. The largest absolute Gasteiger partial charge is 0.495 e. The summed E-state index contributed by atoms with van der Waals surface area (Å²) in [6.45, 7) is 12.9. The number of anilines is 2. The van der Waals surface area contributed by atoms with Crippen LogP contribution in [0, 0.1) is 0 Å². The summed E-state index contributed by atoms with van der Waals surface area (Å²) in [6.07, 6.45) is 10.3. The molecule has 2 aliphatic carbocycles. The molecule has 9 heterocycles. The zero-order valence-corrected chi connectivity index (χ0v) is 43.8. The van der Waals surface area contributed by atoms with Crippen molar-refractivity contribution in [3.63, 3.8) is 0 Å². The highest BCUT2D eigenvalue weighted by molar-refractivity contribution is 7.92. The second-order valence-electron chi connectivity index (χ2n) is 20.9. The summed E-state index contributed by atoms with van der Waals surface area (Å²) in [4.78, 5) is 29.2. The molecule has 2 saturated carbocycles. The van der Waals surface area contributed by atoms with Gasteiger partial charge in [-0.05, 0) is 113 Å². The number of sulfone groups is 2. The highest BCUT2D eigenvalue weighted by atomic mass is 35.5. The standard InChI is InChI=1S/C22H24N4O4S.C14H18BNO2.C14H18ClN3O4S/c1-31(27,28)22(7-3-8-22)19-18-21(26-10-11-29-12-14(26)13-30-18)25-20(24-19)16-4-2-5-17-15(16)6-9-23-17;1-13(2)14(3,4)18-15(17-13)11-6-5-7-12-10(11)8-9-16-12;1-23(19,20)14(3-2-4-14)11-10-12(17-13(15)16-11)18-5-6-21-7-9(18)8-22-10/h2,4-6,9,14,23H,3,7-8,10-13H2,1H3;5-9,16H,1-4H3;9H,2-8H2,1H3/t14-;;9-/m0.0/s1. The third-order valence-corrected chi connectivity index (χ3v) is 20.3. The number of halogens is 1. The molecule has 22 heteroatoms. The summed E-state index contributed by atoms with van der Waals surface area (Å²) in [7, 11) is -7.02. The molecule has 2 aromatic carbocycles. The molecule has 5 fully saturated rings. The summed E-state index contributed by atoms with van der Waals surface area (Å²) >= 11 is 6.12. The lowest BCUT2D eigenvalue weighted by atomic mass is 9.77. The quantitative estimate of drug-likeness (QED) is 0.139. The van der Waals surface area contributed by atoms with E-state index in [0.717, 1.165) is 45.7 Å². The maximum atomic E-state index is 13.0. The van der Waals surface area contributed by atoms with Crippen molar-refractivity contribution in [1.82, 2.24) is 29.9 Å². The molecule has 2 atom stereocenters. The van der Waals surface area contributed by atoms with Gasteiger partial charge in [-0.25, -0.2) is 31.8 Å². The van der Waals surface area contributed by atoms with Crippen LogP contribution in [-0.2, 0) is 48.0 Å². The highest BCUT2D eigenvalue weighted by Gasteiger charge is 2.55. The minimum Gasteiger partial charge on any atom is -0.486 e. The van der Waals surface area contributed by atoms with Gasteiger partial charge >= 0.3 is 7.12 Å². The molecule has 0 bridgehead atoms. The Kier molecular flexibility index (Phi) is 12.4. The van der Waals surface area contributed by atoms with E-state index in [-0.39, 0.29) is 35.7 Å². The molecular formula is C50H60BClN8O10S2. The van der Waals surface area contributed by atoms with Gasteiger partial charge in [0.15, 0.2) is 48.6 Å². The number of rotatable bonds is 6. The zero-order chi connectivity index (χ0) is 50.4. The van der Waals surface area contributed by atoms with Gasteiger partial charge < -0.3 is 48.0 Å². The average Bonchev–Trinajstić information content (AvgIpc) is 4.05. The van der Waals surface area contributed by atoms with E-state index in [9.17, 15) is 16.8 Å². The van der Waals surface area contributed by atoms with Crippen molar-refractivity contribution in [2.45, 2.75) is 99.0 Å². The Hall–Kier alpha value is -5.03. The van der Waals surface area contributed by atoms with E-state index in [4.69, 9.17) is 49.8 Å². The molecule has 3 saturated heterocycles. The van der Waals surface area contributed by atoms with Crippen molar-refractivity contribution in [3.8, 4) is 22.9 Å². The number of hydrogen-bond acceptors (Lipinski definition) is 16. The molecule has 72 heavy (non-hydrogen) atoms. The summed E-state index contributed by atoms with van der Waals surface area (Å²) in [6, 6.07) is 16.3. The van der Waals surface area contributed by atoms with Crippen LogP contribution in [-0.4, -0.2) is 142 Å². The van der Waals surface area contributed by atoms with Crippen molar-refractivity contribution in [2.75, 3.05) is 75.0 Å². The molecule has 7 aliphatic rings. The van der Waals surface area contributed by atoms with Gasteiger partial charge in [-0.2, -0.15) is 4.98 Å². The van der Waals surface area contributed by atoms with Crippen molar-refractivity contribution in [1.29, 1.82) is 0 Å². The number of aromatic amines is 2. The molecule has 4 aromatic heterocycles. The van der Waals surface area contributed by atoms with E-state index >= 15 is 0 Å². The molecular weight excluding hydrogens is 983 g/mol. The topological polar surface area (TPSA) is 213 Å². The monoisotopic (exact) mass is 1040 g/mol. The smallest absolute Gasteiger partial charge is 0.486 e. The van der Waals surface area contributed by atoms with Crippen LogP contribution in [0.5, 0.6) is 11.5 Å². The Morgan fingerprint density at radius 1 is 0.639 bits per heavy atom. The number of ether oxygens (including phenoxy) is 4. The predicted octanol–water partition coefficient (Wildman–Crippen LogP) is 6.26. The van der Waals surface area contributed by atoms with Crippen molar-refractivity contribution in [2.24, 2.45) is 0 Å². The Balaban J connectivity index is 0.000000122. The van der Waals surface area contributed by atoms with E-state index in [1.54, 1.807) is 0 Å². The fraction of sp³-hybridized carbons (Fsp3) is 0.520. The summed E-state index contributed by atoms with van der Waals surface area (Å²) in [5, 5.41) is 2.23. The fourth-order valence-electron chi connectivity index (χ4n) is 10.9. The van der Waals surface area contributed by atoms with Crippen LogP contribution in [0.25, 0.3) is 33.2 Å². The van der Waals surface area contributed by atoms with Crippen LogP contribution in [0.15, 0.2) is 60.9 Å². The van der Waals surface area contributed by atoms with Crippen LogP contribution >= 0.6 is 11.6 Å². The highest BCUT2D eigenvalue weighted by Crippen LogP contribution is 2.54. The first-order chi connectivity index (χ1) is 34.3. The lowest BCUT2D eigenvalue weighted by Crippen LogP contribution is -2.52. The minimum atomic E-state index is -3.39. The van der Waals surface area contributed by atoms with Crippen LogP contribution in [0.2, 0.25) is 5.28 Å². The normalized spacial score (nSPS) is 23.3. The van der Waals surface area contributed by atoms with Crippen LogP contribution < -0.4 is 24.7 Å². The number of aromatic nitrogens is 6. The number of nitrogens with zero attached hydrogens (tertiary/aromatic N) is 6. The molecule has 5 aliphatic heterocycles. The van der Waals surface area contributed by atoms with E-state index in [1.807, 2.05) is 42.7 Å². The molecule has 0 radical (unpaired) electrons. The third kappa shape index (κ3) is 8.21. The molecule has 0 amide bonds. The van der Waals surface area contributed by atoms with Crippen LogP contribution in [0.4, 0.5) is 11.6 Å². The van der Waals surface area contributed by atoms with E-state index in [1.165, 1.54) is 12.5 Å². The number of fused-ring (bicyclic) bond motifs is 8. The van der Waals surface area contributed by atoms with Gasteiger partial charge in [0.05, 0.1) is 49.7 Å². The molecule has 13 rings (SSSR count). The van der Waals surface area contributed by atoms with E-state index in [2.05, 4.69) is 75.6 Å². The van der Waals surface area contributed by atoms with Gasteiger partial charge in [0.1, 0.15) is 34.1 Å². The van der Waals surface area contributed by atoms with Gasteiger partial charge in [-0.1, -0.05) is 24.3 Å². The van der Waals surface area contributed by atoms with Gasteiger partial charge in [0.25, 0.3) is 0 Å². The summed E-state index contributed by atoms with van der Waals surface area (Å²) in [5.41, 5.74) is 4.41. The second kappa shape index (κ2) is 18.1. The fourth-order valence-corrected chi connectivity index (χ4v) is 14.1. The first-order valence-electron chi connectivity index (χ1n) is 24.6. The number of morpholine rings is 2. The summed E-state index contributed by atoms with van der Waals surface area (Å²) < 4.78 is 84.1. The first-order valence-corrected chi connectivity index (χ1v) is 28.8. The van der Waals surface area contributed by atoms with Crippen LogP contribution in [0.1, 0.15) is 77.6 Å². The number of nitrogens with one attached hydrogen (secondary N) is 2. The number of H-pyrrole nitrogens is 2. The number of hydrogen-bond donors (Lipinski definition) is 2. The number of benzene rings is 2. The maximum absolute atomic E-state index is 13.0. The van der Waals surface area contributed by atoms with E-state index < -0.39 is 29.2 Å². The van der Waals surface area contributed by atoms with Crippen molar-refractivity contribution in [3.05, 3.63) is 77.6 Å². The van der Waals surface area contributed by atoms with Crippen molar-refractivity contribution < 1.29 is 45.1 Å². The molecule has 18 nitrogen and oxygen atoms in total. The molecule has 0 spiro atoms. The lowest BCUT2D eigenvalue weighted by Gasteiger charge is -2.44. The predicted molar refractivity (Wildman–Crippen MR) is 276 cm³/mol. The molecule has 0 unspecified atom stereocenters. The molecule has 2 N–H and O–H groups in total. The molecule has 382 valence electrons. The first kappa shape index (κ1) is 49.2. The third-order valence-electron chi connectivity index (χ3n) is 16.1. The lowest BCUT2D eigenvalue weighted by molar-refractivity contribution is 0.00578. The zero-order valence-electron chi connectivity index (χ0n) is 41.4. The van der Waals surface area contributed by atoms with Gasteiger partial charge in [-0.15, -0.1) is 0 Å². The second-order valence-corrected chi connectivity index (χ2v) is 25.9. The average molecular weight is 1040 g/mol. The van der Waals surface area contributed by atoms with Gasteiger partial charge in [0, 0.05) is 60.0 Å². The molecule has 6 aromatic rings. The van der Waals surface area contributed by atoms with Gasteiger partial charge in [-0.3, -0.25) is 0 Å². The Morgan fingerprint density at radius 2 is 1.14 bits per heavy atom. The Morgan fingerprint density at radius 3 is 1.67 bits per heavy atom.